The highest BCUT2D eigenvalue weighted by Crippen LogP contribution is 2.55. The maximum absolute atomic E-state index is 10.9. The zero-order valence-electron chi connectivity index (χ0n) is 17.4. The molecule has 0 radical (unpaired) electrons. The summed E-state index contributed by atoms with van der Waals surface area (Å²) in [4.78, 5) is 0. The molecule has 148 valence electrons. The van der Waals surface area contributed by atoms with Crippen molar-refractivity contribution in [2.24, 2.45) is 5.41 Å². The number of hydrogen-bond donors (Lipinski definition) is 1. The van der Waals surface area contributed by atoms with Gasteiger partial charge in [-0.25, -0.2) is 0 Å². The first-order valence-electron chi connectivity index (χ1n) is 10.7. The molecule has 1 N–H and O–H groups in total. The quantitative estimate of drug-likeness (QED) is 0.661. The zero-order chi connectivity index (χ0) is 18.9. The zero-order valence-corrected chi connectivity index (χ0v) is 17.4. The number of aliphatic hydroxyl groups is 1. The predicted molar refractivity (Wildman–Crippen MR) is 106 cm³/mol. The Hall–Kier alpha value is -0.800. The van der Waals surface area contributed by atoms with E-state index in [0.717, 1.165) is 49.9 Å². The van der Waals surface area contributed by atoms with Crippen molar-refractivity contribution in [2.45, 2.75) is 116 Å². The molecule has 0 spiro atoms. The molecular formula is C23H38O3. The monoisotopic (exact) mass is 362 g/mol. The van der Waals surface area contributed by atoms with E-state index in [0.29, 0.717) is 5.41 Å². The van der Waals surface area contributed by atoms with Crippen molar-refractivity contribution >= 4 is 0 Å². The molecule has 3 unspecified atom stereocenters. The third kappa shape index (κ3) is 4.20. The lowest BCUT2D eigenvalue weighted by Crippen LogP contribution is -2.36. The van der Waals surface area contributed by atoms with Gasteiger partial charge in [0.1, 0.15) is 11.9 Å². The van der Waals surface area contributed by atoms with Crippen LogP contribution >= 0.6 is 0 Å². The topological polar surface area (TPSA) is 38.7 Å². The largest absolute Gasteiger partial charge is 0.494 e. The summed E-state index contributed by atoms with van der Waals surface area (Å²) in [5, 5.41) is 10.9. The van der Waals surface area contributed by atoms with E-state index >= 15 is 0 Å². The molecular weight excluding hydrogens is 324 g/mol. The molecule has 0 fully saturated rings. The predicted octanol–water partition coefficient (Wildman–Crippen LogP) is 5.67. The van der Waals surface area contributed by atoms with Crippen LogP contribution in [0.25, 0.3) is 0 Å². The maximum atomic E-state index is 10.9. The fourth-order valence-electron chi connectivity index (χ4n) is 5.26. The standard InChI is InChI=1S/C23H38O3/c1-6-23-13-8-11-18(23)21-19(24)15-17(25-20(21)12-14-23)10-7-9-16(2)26-22(3,4)5/h11,16-17,19,24H,6-10,12-15H2,1-5H3/t16?,17?,19?,23-/m0/s1. The van der Waals surface area contributed by atoms with Crippen LogP contribution < -0.4 is 0 Å². The first-order valence-corrected chi connectivity index (χ1v) is 10.7. The van der Waals surface area contributed by atoms with E-state index in [2.05, 4.69) is 40.7 Å². The number of hydrogen-bond acceptors (Lipinski definition) is 3. The second-order valence-electron chi connectivity index (χ2n) is 9.59. The molecule has 0 saturated carbocycles. The third-order valence-electron chi connectivity index (χ3n) is 6.46. The molecule has 1 aliphatic heterocycles. The molecule has 1 heterocycles. The molecule has 0 aromatic rings. The van der Waals surface area contributed by atoms with Gasteiger partial charge in [0, 0.05) is 18.4 Å². The van der Waals surface area contributed by atoms with Crippen molar-refractivity contribution in [1.29, 1.82) is 0 Å². The second kappa shape index (κ2) is 7.67. The summed E-state index contributed by atoms with van der Waals surface area (Å²) in [5.74, 6) is 1.09. The Morgan fingerprint density at radius 2 is 2.12 bits per heavy atom. The number of aliphatic hydroxyl groups excluding tert-OH is 1. The fourth-order valence-corrected chi connectivity index (χ4v) is 5.26. The summed E-state index contributed by atoms with van der Waals surface area (Å²) in [6, 6.07) is 0. The van der Waals surface area contributed by atoms with Crippen LogP contribution in [0, 0.1) is 5.41 Å². The lowest BCUT2D eigenvalue weighted by molar-refractivity contribution is -0.0567. The van der Waals surface area contributed by atoms with Gasteiger partial charge in [-0.2, -0.15) is 0 Å². The van der Waals surface area contributed by atoms with Crippen LogP contribution in [0.4, 0.5) is 0 Å². The summed E-state index contributed by atoms with van der Waals surface area (Å²) in [6.07, 6.45) is 12.1. The molecule has 3 rings (SSSR count). The molecule has 0 aromatic carbocycles. The van der Waals surface area contributed by atoms with Crippen LogP contribution in [-0.2, 0) is 9.47 Å². The molecule has 0 amide bonds. The smallest absolute Gasteiger partial charge is 0.102 e. The molecule has 4 atom stereocenters. The maximum Gasteiger partial charge on any atom is 0.102 e. The Balaban J connectivity index is 1.57. The Morgan fingerprint density at radius 3 is 2.81 bits per heavy atom. The molecule has 0 aromatic heterocycles. The SMILES string of the molecule is CC[C@@]12CCC=C1C1=C(CC2)OC(CCCC(C)OC(C)(C)C)CC1O. The third-order valence-corrected chi connectivity index (χ3v) is 6.46. The lowest BCUT2D eigenvalue weighted by atomic mass is 9.67. The van der Waals surface area contributed by atoms with Gasteiger partial charge in [-0.05, 0) is 83.6 Å². The van der Waals surface area contributed by atoms with Gasteiger partial charge in [-0.15, -0.1) is 0 Å². The molecule has 3 heteroatoms. The average Bonchev–Trinajstić information content (AvgIpc) is 2.97. The van der Waals surface area contributed by atoms with E-state index in [1.165, 1.54) is 24.8 Å². The minimum Gasteiger partial charge on any atom is -0.494 e. The first kappa shape index (κ1) is 19.9. The fraction of sp³-hybridized carbons (Fsp3) is 0.826. The van der Waals surface area contributed by atoms with Gasteiger partial charge in [-0.3, -0.25) is 0 Å². The number of fused-ring (bicyclic) bond motifs is 2. The van der Waals surface area contributed by atoms with E-state index < -0.39 is 0 Å². The van der Waals surface area contributed by atoms with E-state index in [1.54, 1.807) is 0 Å². The van der Waals surface area contributed by atoms with Crippen LogP contribution in [0.1, 0.15) is 92.4 Å². The van der Waals surface area contributed by atoms with Gasteiger partial charge in [-0.1, -0.05) is 13.0 Å². The number of ether oxygens (including phenoxy) is 2. The Morgan fingerprint density at radius 1 is 1.35 bits per heavy atom. The van der Waals surface area contributed by atoms with Crippen molar-refractivity contribution in [3.8, 4) is 0 Å². The van der Waals surface area contributed by atoms with Crippen molar-refractivity contribution in [3.05, 3.63) is 23.0 Å². The number of allylic oxidation sites excluding steroid dienone is 2. The van der Waals surface area contributed by atoms with Crippen molar-refractivity contribution in [1.82, 2.24) is 0 Å². The van der Waals surface area contributed by atoms with E-state index in [4.69, 9.17) is 9.47 Å². The van der Waals surface area contributed by atoms with E-state index in [1.807, 2.05) is 0 Å². The highest BCUT2D eigenvalue weighted by Gasteiger charge is 2.45. The Labute approximate surface area is 159 Å². The highest BCUT2D eigenvalue weighted by atomic mass is 16.5. The van der Waals surface area contributed by atoms with E-state index in [9.17, 15) is 5.11 Å². The second-order valence-corrected chi connectivity index (χ2v) is 9.59. The molecule has 0 bridgehead atoms. The lowest BCUT2D eigenvalue weighted by Gasteiger charge is -2.43. The molecule has 3 nitrogen and oxygen atoms in total. The van der Waals surface area contributed by atoms with Gasteiger partial charge in [0.15, 0.2) is 0 Å². The van der Waals surface area contributed by atoms with Gasteiger partial charge >= 0.3 is 0 Å². The Bertz CT molecular complexity index is 568. The van der Waals surface area contributed by atoms with Crippen LogP contribution in [-0.4, -0.2) is 29.0 Å². The molecule has 26 heavy (non-hydrogen) atoms. The highest BCUT2D eigenvalue weighted by molar-refractivity contribution is 5.47. The van der Waals surface area contributed by atoms with Gasteiger partial charge in [0.2, 0.25) is 0 Å². The minimum atomic E-state index is -0.345. The van der Waals surface area contributed by atoms with Gasteiger partial charge < -0.3 is 14.6 Å². The average molecular weight is 363 g/mol. The molecule has 2 aliphatic carbocycles. The van der Waals surface area contributed by atoms with Crippen molar-refractivity contribution < 1.29 is 14.6 Å². The summed E-state index contributed by atoms with van der Waals surface area (Å²) < 4.78 is 12.4. The van der Waals surface area contributed by atoms with Crippen molar-refractivity contribution in [2.75, 3.05) is 0 Å². The normalized spacial score (nSPS) is 32.6. The van der Waals surface area contributed by atoms with Crippen molar-refractivity contribution in [3.63, 3.8) is 0 Å². The summed E-state index contributed by atoms with van der Waals surface area (Å²) in [5.41, 5.74) is 2.80. The van der Waals surface area contributed by atoms with Gasteiger partial charge in [0.05, 0.1) is 17.8 Å². The van der Waals surface area contributed by atoms with Crippen LogP contribution in [0.5, 0.6) is 0 Å². The number of rotatable bonds is 6. The van der Waals surface area contributed by atoms with Crippen LogP contribution in [0.15, 0.2) is 23.0 Å². The Kier molecular flexibility index (Phi) is 5.89. The summed E-state index contributed by atoms with van der Waals surface area (Å²) >= 11 is 0. The first-order chi connectivity index (χ1) is 12.2. The molecule has 0 saturated heterocycles. The molecule has 3 aliphatic rings. The summed E-state index contributed by atoms with van der Waals surface area (Å²) in [7, 11) is 0. The van der Waals surface area contributed by atoms with Gasteiger partial charge in [0.25, 0.3) is 0 Å². The minimum absolute atomic E-state index is 0.0838. The summed E-state index contributed by atoms with van der Waals surface area (Å²) in [6.45, 7) is 10.8. The van der Waals surface area contributed by atoms with Crippen LogP contribution in [0.2, 0.25) is 0 Å². The van der Waals surface area contributed by atoms with Crippen LogP contribution in [0.3, 0.4) is 0 Å². The van der Waals surface area contributed by atoms with E-state index in [-0.39, 0.29) is 23.9 Å².